The van der Waals surface area contributed by atoms with Crippen LogP contribution in [0.3, 0.4) is 0 Å². The number of aryl methyl sites for hydroxylation is 2. The van der Waals surface area contributed by atoms with Crippen molar-refractivity contribution in [1.29, 1.82) is 0 Å². The largest absolute Gasteiger partial charge is 0.330 e. The summed E-state index contributed by atoms with van der Waals surface area (Å²) in [5, 5.41) is 1.17. The molecule has 1 atom stereocenters. The average molecular weight is 258 g/mol. The zero-order valence-corrected chi connectivity index (χ0v) is 11.5. The number of thiazole rings is 1. The molecule has 94 valence electrons. The first kappa shape index (κ1) is 11.9. The molecule has 2 nitrogen and oxygen atoms in total. The monoisotopic (exact) mass is 258 g/mol. The number of rotatable bonds is 2. The molecule has 0 amide bonds. The summed E-state index contributed by atoms with van der Waals surface area (Å²) in [4.78, 5) is 6.26. The van der Waals surface area contributed by atoms with Gasteiger partial charge >= 0.3 is 0 Å². The summed E-state index contributed by atoms with van der Waals surface area (Å²) in [7, 11) is 0. The van der Waals surface area contributed by atoms with Crippen molar-refractivity contribution in [2.75, 3.05) is 6.54 Å². The highest BCUT2D eigenvalue weighted by Crippen LogP contribution is 2.34. The Labute approximate surface area is 112 Å². The Bertz CT molecular complexity index is 559. The van der Waals surface area contributed by atoms with Gasteiger partial charge in [-0.2, -0.15) is 0 Å². The molecule has 1 aromatic carbocycles. The van der Waals surface area contributed by atoms with Crippen molar-refractivity contribution < 1.29 is 0 Å². The minimum Gasteiger partial charge on any atom is -0.330 e. The number of hydrogen-bond acceptors (Lipinski definition) is 3. The highest BCUT2D eigenvalue weighted by atomic mass is 32.1. The molecule has 18 heavy (non-hydrogen) atoms. The van der Waals surface area contributed by atoms with Gasteiger partial charge in [0.05, 0.1) is 5.69 Å². The lowest BCUT2D eigenvalue weighted by Gasteiger charge is -2.18. The van der Waals surface area contributed by atoms with E-state index >= 15 is 0 Å². The van der Waals surface area contributed by atoms with Crippen LogP contribution >= 0.6 is 11.3 Å². The van der Waals surface area contributed by atoms with Crippen LogP contribution in [0.2, 0.25) is 0 Å². The molecule has 1 heterocycles. The van der Waals surface area contributed by atoms with Crippen LogP contribution in [0.25, 0.3) is 10.6 Å². The van der Waals surface area contributed by atoms with E-state index in [0.29, 0.717) is 5.92 Å². The number of nitrogens with zero attached hydrogens (tertiary/aromatic N) is 1. The maximum Gasteiger partial charge on any atom is 0.123 e. The van der Waals surface area contributed by atoms with Crippen LogP contribution in [-0.2, 0) is 12.8 Å². The molecule has 1 aromatic heterocycles. The van der Waals surface area contributed by atoms with Gasteiger partial charge in [-0.25, -0.2) is 4.98 Å². The first-order valence-electron chi connectivity index (χ1n) is 6.52. The van der Waals surface area contributed by atoms with Gasteiger partial charge in [0, 0.05) is 10.4 Å². The molecule has 0 saturated heterocycles. The molecule has 0 aliphatic heterocycles. The molecule has 0 saturated carbocycles. The molecule has 0 bridgehead atoms. The summed E-state index contributed by atoms with van der Waals surface area (Å²) >= 11 is 1.85. The Kier molecular flexibility index (Phi) is 3.18. The van der Waals surface area contributed by atoms with Gasteiger partial charge in [-0.15, -0.1) is 11.3 Å². The Morgan fingerprint density at radius 2 is 2.33 bits per heavy atom. The summed E-state index contributed by atoms with van der Waals surface area (Å²) in [6, 6.07) is 8.59. The molecule has 0 radical (unpaired) electrons. The quantitative estimate of drug-likeness (QED) is 0.898. The van der Waals surface area contributed by atoms with E-state index in [9.17, 15) is 0 Å². The average Bonchev–Trinajstić information content (AvgIpc) is 2.81. The first-order chi connectivity index (χ1) is 8.76. The maximum absolute atomic E-state index is 5.78. The zero-order valence-electron chi connectivity index (χ0n) is 10.6. The fourth-order valence-electron chi connectivity index (χ4n) is 2.55. The summed E-state index contributed by atoms with van der Waals surface area (Å²) in [6.07, 6.45) is 3.41. The van der Waals surface area contributed by atoms with E-state index in [0.717, 1.165) is 19.4 Å². The van der Waals surface area contributed by atoms with Crippen LogP contribution in [0.15, 0.2) is 24.3 Å². The standard InChI is InChI=1S/C15H18N2S/c1-10-3-2-4-12(7-10)15-17-13-6-5-11(9-16)8-14(13)18-15/h2-4,7,11H,5-6,8-9,16H2,1H3. The number of nitrogens with two attached hydrogens (primary N) is 1. The van der Waals surface area contributed by atoms with Crippen LogP contribution < -0.4 is 5.73 Å². The number of hydrogen-bond donors (Lipinski definition) is 1. The van der Waals surface area contributed by atoms with E-state index in [1.54, 1.807) is 0 Å². The van der Waals surface area contributed by atoms with E-state index < -0.39 is 0 Å². The summed E-state index contributed by atoms with van der Waals surface area (Å²) < 4.78 is 0. The van der Waals surface area contributed by atoms with E-state index in [-0.39, 0.29) is 0 Å². The van der Waals surface area contributed by atoms with Crippen molar-refractivity contribution >= 4 is 11.3 Å². The second kappa shape index (κ2) is 4.82. The van der Waals surface area contributed by atoms with Crippen LogP contribution in [0.5, 0.6) is 0 Å². The molecule has 0 spiro atoms. The lowest BCUT2D eigenvalue weighted by molar-refractivity contribution is 0.470. The maximum atomic E-state index is 5.78. The van der Waals surface area contributed by atoms with Gasteiger partial charge in [0.25, 0.3) is 0 Å². The number of benzene rings is 1. The predicted molar refractivity (Wildman–Crippen MR) is 76.9 cm³/mol. The smallest absolute Gasteiger partial charge is 0.123 e. The molecule has 3 rings (SSSR count). The highest BCUT2D eigenvalue weighted by molar-refractivity contribution is 7.15. The summed E-state index contributed by atoms with van der Waals surface area (Å²) in [6.45, 7) is 2.93. The molecule has 3 heteroatoms. The third kappa shape index (κ3) is 2.20. The third-order valence-corrected chi connectivity index (χ3v) is 4.81. The van der Waals surface area contributed by atoms with Gasteiger partial charge in [-0.3, -0.25) is 0 Å². The molecule has 1 unspecified atom stereocenters. The predicted octanol–water partition coefficient (Wildman–Crippen LogP) is 3.18. The Morgan fingerprint density at radius 1 is 1.44 bits per heavy atom. The van der Waals surface area contributed by atoms with Crippen molar-refractivity contribution in [3.63, 3.8) is 0 Å². The highest BCUT2D eigenvalue weighted by Gasteiger charge is 2.21. The third-order valence-electron chi connectivity index (χ3n) is 3.64. The number of fused-ring (bicyclic) bond motifs is 1. The van der Waals surface area contributed by atoms with Crippen molar-refractivity contribution in [2.45, 2.75) is 26.2 Å². The fourth-order valence-corrected chi connectivity index (χ4v) is 3.76. The van der Waals surface area contributed by atoms with Crippen molar-refractivity contribution in [2.24, 2.45) is 11.7 Å². The van der Waals surface area contributed by atoms with E-state index in [2.05, 4.69) is 31.2 Å². The minimum absolute atomic E-state index is 0.656. The molecule has 1 aliphatic rings. The Balaban J connectivity index is 1.94. The normalized spacial score (nSPS) is 18.7. The first-order valence-corrected chi connectivity index (χ1v) is 7.33. The van der Waals surface area contributed by atoms with Crippen LogP contribution in [-0.4, -0.2) is 11.5 Å². The fraction of sp³-hybridized carbons (Fsp3) is 0.400. The molecular formula is C15H18N2S. The molecular weight excluding hydrogens is 240 g/mol. The summed E-state index contributed by atoms with van der Waals surface area (Å²) in [5.41, 5.74) is 9.63. The molecule has 2 N–H and O–H groups in total. The topological polar surface area (TPSA) is 38.9 Å². The molecule has 2 aromatic rings. The molecule has 0 fully saturated rings. The zero-order chi connectivity index (χ0) is 12.5. The van der Waals surface area contributed by atoms with E-state index in [4.69, 9.17) is 10.7 Å². The Morgan fingerprint density at radius 3 is 3.11 bits per heavy atom. The van der Waals surface area contributed by atoms with Gasteiger partial charge in [0.15, 0.2) is 0 Å². The number of aromatic nitrogens is 1. The SMILES string of the molecule is Cc1cccc(-c2nc3c(s2)CC(CN)CC3)c1. The van der Waals surface area contributed by atoms with Crippen molar-refractivity contribution in [1.82, 2.24) is 4.98 Å². The van der Waals surface area contributed by atoms with Gasteiger partial charge in [-0.05, 0) is 44.7 Å². The summed E-state index contributed by atoms with van der Waals surface area (Å²) in [5.74, 6) is 0.656. The second-order valence-corrected chi connectivity index (χ2v) is 6.19. The van der Waals surface area contributed by atoms with Gasteiger partial charge < -0.3 is 5.73 Å². The lowest BCUT2D eigenvalue weighted by Crippen LogP contribution is -2.21. The van der Waals surface area contributed by atoms with Crippen LogP contribution in [0.4, 0.5) is 0 Å². The van der Waals surface area contributed by atoms with Crippen LogP contribution in [0, 0.1) is 12.8 Å². The minimum atomic E-state index is 0.656. The van der Waals surface area contributed by atoms with Gasteiger partial charge in [-0.1, -0.05) is 23.8 Å². The van der Waals surface area contributed by atoms with Gasteiger partial charge in [0.2, 0.25) is 0 Å². The van der Waals surface area contributed by atoms with Crippen LogP contribution in [0.1, 0.15) is 22.6 Å². The Hall–Kier alpha value is -1.19. The van der Waals surface area contributed by atoms with E-state index in [1.807, 2.05) is 11.3 Å². The second-order valence-electron chi connectivity index (χ2n) is 5.10. The lowest BCUT2D eigenvalue weighted by atomic mass is 9.91. The van der Waals surface area contributed by atoms with Crippen molar-refractivity contribution in [3.8, 4) is 10.6 Å². The van der Waals surface area contributed by atoms with Gasteiger partial charge in [0.1, 0.15) is 5.01 Å². The van der Waals surface area contributed by atoms with E-state index in [1.165, 1.54) is 33.1 Å². The van der Waals surface area contributed by atoms with Crippen molar-refractivity contribution in [3.05, 3.63) is 40.4 Å². The molecule has 1 aliphatic carbocycles.